The van der Waals surface area contributed by atoms with Crippen molar-refractivity contribution >= 4 is 27.5 Å². The molecule has 2 unspecified atom stereocenters. The van der Waals surface area contributed by atoms with Crippen LogP contribution in [0.3, 0.4) is 0 Å². The third-order valence-electron chi connectivity index (χ3n) is 6.13. The van der Waals surface area contributed by atoms with E-state index in [1.165, 1.54) is 17.3 Å². The number of thioether (sulfide) groups is 1. The highest BCUT2D eigenvalue weighted by Crippen LogP contribution is 2.34. The number of aromatic nitrogens is 2. The Morgan fingerprint density at radius 3 is 2.55 bits per heavy atom. The SMILES string of the molecule is Cc1ccc(-n2c(-c3ccccc3)cnc2SC(C)C(=O)N(C)C2CCS(=O)(=O)C2)c(C)c1. The van der Waals surface area contributed by atoms with Gasteiger partial charge in [0.05, 0.1) is 34.3 Å². The lowest BCUT2D eigenvalue weighted by atomic mass is 10.1. The standard InChI is InChI=1S/C25H29N3O3S2/c1-17-10-11-22(18(2)14-17)28-23(20-8-6-5-7-9-20)15-26-25(28)32-19(3)24(29)27(4)21-12-13-33(30,31)16-21/h5-11,14-15,19,21H,12-13,16H2,1-4H3. The summed E-state index contributed by atoms with van der Waals surface area (Å²) in [5.41, 5.74) is 5.33. The molecule has 33 heavy (non-hydrogen) atoms. The third-order valence-corrected chi connectivity index (χ3v) is 8.93. The van der Waals surface area contributed by atoms with Crippen LogP contribution in [0.25, 0.3) is 16.9 Å². The Bertz CT molecular complexity index is 1270. The maximum absolute atomic E-state index is 13.2. The first-order valence-corrected chi connectivity index (χ1v) is 13.7. The van der Waals surface area contributed by atoms with Gasteiger partial charge in [-0.1, -0.05) is 59.8 Å². The number of imidazole rings is 1. The molecule has 3 aromatic rings. The van der Waals surface area contributed by atoms with E-state index in [2.05, 4.69) is 36.6 Å². The number of amides is 1. The van der Waals surface area contributed by atoms with Crippen LogP contribution in [0.4, 0.5) is 0 Å². The first-order chi connectivity index (χ1) is 15.7. The van der Waals surface area contributed by atoms with E-state index in [0.29, 0.717) is 6.42 Å². The molecule has 1 saturated heterocycles. The van der Waals surface area contributed by atoms with Crippen LogP contribution in [0.1, 0.15) is 24.5 Å². The molecule has 2 aromatic carbocycles. The van der Waals surface area contributed by atoms with Gasteiger partial charge in [0.2, 0.25) is 5.91 Å². The van der Waals surface area contributed by atoms with Crippen molar-refractivity contribution in [2.75, 3.05) is 18.6 Å². The summed E-state index contributed by atoms with van der Waals surface area (Å²) in [6.07, 6.45) is 2.35. The molecule has 1 aliphatic heterocycles. The molecule has 4 rings (SSSR count). The maximum atomic E-state index is 13.2. The topological polar surface area (TPSA) is 72.3 Å². The van der Waals surface area contributed by atoms with Gasteiger partial charge in [-0.2, -0.15) is 0 Å². The molecule has 6 nitrogen and oxygen atoms in total. The fourth-order valence-electron chi connectivity index (χ4n) is 4.28. The van der Waals surface area contributed by atoms with Crippen LogP contribution in [0.15, 0.2) is 59.9 Å². The van der Waals surface area contributed by atoms with E-state index < -0.39 is 15.1 Å². The Morgan fingerprint density at radius 2 is 1.91 bits per heavy atom. The Kier molecular flexibility index (Phi) is 6.68. The maximum Gasteiger partial charge on any atom is 0.235 e. The molecule has 1 aliphatic rings. The van der Waals surface area contributed by atoms with Gasteiger partial charge in [-0.3, -0.25) is 9.36 Å². The van der Waals surface area contributed by atoms with Gasteiger partial charge in [-0.25, -0.2) is 13.4 Å². The zero-order chi connectivity index (χ0) is 23.8. The molecular formula is C25H29N3O3S2. The summed E-state index contributed by atoms with van der Waals surface area (Å²) >= 11 is 1.40. The normalized spacial score (nSPS) is 18.2. The van der Waals surface area contributed by atoms with Crippen molar-refractivity contribution in [2.24, 2.45) is 0 Å². The van der Waals surface area contributed by atoms with E-state index in [0.717, 1.165) is 27.7 Å². The van der Waals surface area contributed by atoms with Gasteiger partial charge in [-0.05, 0) is 38.8 Å². The molecule has 0 radical (unpaired) electrons. The Hall–Kier alpha value is -2.58. The summed E-state index contributed by atoms with van der Waals surface area (Å²) in [7, 11) is -1.35. The van der Waals surface area contributed by atoms with Gasteiger partial charge in [0.1, 0.15) is 0 Å². The second kappa shape index (κ2) is 9.35. The lowest BCUT2D eigenvalue weighted by molar-refractivity contribution is -0.130. The average molecular weight is 484 g/mol. The number of hydrogen-bond donors (Lipinski definition) is 0. The van der Waals surface area contributed by atoms with Gasteiger partial charge in [0.15, 0.2) is 15.0 Å². The summed E-state index contributed by atoms with van der Waals surface area (Å²) in [6, 6.07) is 16.1. The van der Waals surface area contributed by atoms with E-state index in [1.807, 2.05) is 43.5 Å². The number of aryl methyl sites for hydroxylation is 2. The summed E-state index contributed by atoms with van der Waals surface area (Å²) in [6.45, 7) is 6.00. The van der Waals surface area contributed by atoms with Crippen molar-refractivity contribution in [3.05, 3.63) is 65.9 Å². The van der Waals surface area contributed by atoms with Gasteiger partial charge in [0, 0.05) is 18.7 Å². The summed E-state index contributed by atoms with van der Waals surface area (Å²) in [5, 5.41) is 0.322. The zero-order valence-electron chi connectivity index (χ0n) is 19.4. The fourth-order valence-corrected chi connectivity index (χ4v) is 7.05. The van der Waals surface area contributed by atoms with Crippen LogP contribution in [0.5, 0.6) is 0 Å². The van der Waals surface area contributed by atoms with Crippen molar-refractivity contribution in [2.45, 2.75) is 43.6 Å². The predicted octanol–water partition coefficient (Wildman–Crippen LogP) is 4.28. The number of nitrogens with zero attached hydrogens (tertiary/aromatic N) is 3. The Labute approximate surface area is 199 Å². The largest absolute Gasteiger partial charge is 0.341 e. The van der Waals surface area contributed by atoms with Crippen molar-refractivity contribution in [1.82, 2.24) is 14.5 Å². The molecule has 2 atom stereocenters. The number of benzene rings is 2. The Morgan fingerprint density at radius 1 is 1.18 bits per heavy atom. The third kappa shape index (κ3) is 5.01. The van der Waals surface area contributed by atoms with Crippen molar-refractivity contribution < 1.29 is 13.2 Å². The van der Waals surface area contributed by atoms with E-state index >= 15 is 0 Å². The molecule has 174 valence electrons. The van der Waals surface area contributed by atoms with Crippen LogP contribution < -0.4 is 0 Å². The molecule has 1 aromatic heterocycles. The highest BCUT2D eigenvalue weighted by atomic mass is 32.2. The van der Waals surface area contributed by atoms with E-state index in [9.17, 15) is 13.2 Å². The second-order valence-corrected chi connectivity index (χ2v) is 12.2. The van der Waals surface area contributed by atoms with Gasteiger partial charge >= 0.3 is 0 Å². The molecule has 1 amide bonds. The lowest BCUT2D eigenvalue weighted by Crippen LogP contribution is -2.41. The van der Waals surface area contributed by atoms with Crippen molar-refractivity contribution in [1.29, 1.82) is 0 Å². The average Bonchev–Trinajstić information content (AvgIpc) is 3.36. The van der Waals surface area contributed by atoms with Crippen LogP contribution in [0, 0.1) is 13.8 Å². The summed E-state index contributed by atoms with van der Waals surface area (Å²) < 4.78 is 25.8. The highest BCUT2D eigenvalue weighted by Gasteiger charge is 2.34. The molecule has 2 heterocycles. The quantitative estimate of drug-likeness (QED) is 0.489. The minimum Gasteiger partial charge on any atom is -0.341 e. The number of sulfone groups is 1. The monoisotopic (exact) mass is 483 g/mol. The molecule has 0 aliphatic carbocycles. The van der Waals surface area contributed by atoms with E-state index in [4.69, 9.17) is 4.98 Å². The van der Waals surface area contributed by atoms with Crippen LogP contribution in [0.2, 0.25) is 0 Å². The van der Waals surface area contributed by atoms with Crippen molar-refractivity contribution in [3.8, 4) is 16.9 Å². The Balaban J connectivity index is 1.66. The minimum atomic E-state index is -3.05. The first-order valence-electron chi connectivity index (χ1n) is 11.0. The molecule has 0 spiro atoms. The van der Waals surface area contributed by atoms with Crippen LogP contribution in [-0.4, -0.2) is 58.6 Å². The number of rotatable bonds is 6. The fraction of sp³-hybridized carbons (Fsp3) is 0.360. The van der Waals surface area contributed by atoms with Gasteiger partial charge < -0.3 is 4.90 Å². The predicted molar refractivity (Wildman–Crippen MR) is 134 cm³/mol. The zero-order valence-corrected chi connectivity index (χ0v) is 21.0. The molecule has 1 fully saturated rings. The lowest BCUT2D eigenvalue weighted by Gasteiger charge is -2.26. The molecule has 0 saturated carbocycles. The van der Waals surface area contributed by atoms with Crippen LogP contribution in [-0.2, 0) is 14.6 Å². The van der Waals surface area contributed by atoms with Gasteiger partial charge in [0.25, 0.3) is 0 Å². The number of hydrogen-bond acceptors (Lipinski definition) is 5. The van der Waals surface area contributed by atoms with Crippen molar-refractivity contribution in [3.63, 3.8) is 0 Å². The number of carbonyl (C=O) groups excluding carboxylic acids is 1. The summed E-state index contributed by atoms with van der Waals surface area (Å²) in [5.74, 6) is 0.106. The number of carbonyl (C=O) groups is 1. The van der Waals surface area contributed by atoms with E-state index in [1.54, 1.807) is 11.9 Å². The van der Waals surface area contributed by atoms with Gasteiger partial charge in [-0.15, -0.1) is 0 Å². The van der Waals surface area contributed by atoms with Crippen LogP contribution >= 0.6 is 11.8 Å². The second-order valence-electron chi connectivity index (χ2n) is 8.68. The minimum absolute atomic E-state index is 0.0436. The molecule has 0 N–H and O–H groups in total. The molecule has 8 heteroatoms. The molecule has 0 bridgehead atoms. The molecular weight excluding hydrogens is 454 g/mol. The summed E-state index contributed by atoms with van der Waals surface area (Å²) in [4.78, 5) is 19.5. The van der Waals surface area contributed by atoms with E-state index in [-0.39, 0.29) is 23.5 Å². The highest BCUT2D eigenvalue weighted by molar-refractivity contribution is 8.00. The first kappa shape index (κ1) is 23.6. The smallest absolute Gasteiger partial charge is 0.235 e.